The van der Waals surface area contributed by atoms with Crippen LogP contribution >= 0.6 is 0 Å². The zero-order valence-corrected chi connectivity index (χ0v) is 17.6. The Morgan fingerprint density at radius 2 is 1.83 bits per heavy atom. The second-order valence-corrected chi connectivity index (χ2v) is 7.88. The highest BCUT2D eigenvalue weighted by atomic mass is 16.5. The van der Waals surface area contributed by atoms with Crippen LogP contribution in [0.5, 0.6) is 0 Å². The molecule has 1 fully saturated rings. The molecule has 0 atom stereocenters. The van der Waals surface area contributed by atoms with Crippen molar-refractivity contribution in [3.63, 3.8) is 0 Å². The van der Waals surface area contributed by atoms with Gasteiger partial charge in [0.2, 0.25) is 5.88 Å². The smallest absolute Gasteiger partial charge is 0.289 e. The summed E-state index contributed by atoms with van der Waals surface area (Å²) in [5.41, 5.74) is 2.72. The van der Waals surface area contributed by atoms with Crippen LogP contribution in [0.3, 0.4) is 0 Å². The Balaban J connectivity index is 1.70. The van der Waals surface area contributed by atoms with Crippen molar-refractivity contribution in [2.24, 2.45) is 0 Å². The number of likely N-dealkylation sites (N-methyl/N-ethyl adjacent to an activating group) is 1. The van der Waals surface area contributed by atoms with Crippen molar-refractivity contribution >= 4 is 11.8 Å². The summed E-state index contributed by atoms with van der Waals surface area (Å²) in [4.78, 5) is 19.3. The van der Waals surface area contributed by atoms with E-state index in [2.05, 4.69) is 15.0 Å². The molecule has 2 aromatic heterocycles. The van der Waals surface area contributed by atoms with E-state index in [0.29, 0.717) is 18.8 Å². The fraction of sp³-hybridized carbons (Fsp3) is 0.391. The van der Waals surface area contributed by atoms with Crippen molar-refractivity contribution < 1.29 is 13.7 Å². The first-order valence-electron chi connectivity index (χ1n) is 10.4. The Morgan fingerprint density at radius 1 is 1.07 bits per heavy atom. The van der Waals surface area contributed by atoms with Crippen molar-refractivity contribution in [1.82, 2.24) is 15.0 Å². The van der Waals surface area contributed by atoms with Gasteiger partial charge in [0.15, 0.2) is 5.76 Å². The van der Waals surface area contributed by atoms with E-state index in [1.165, 1.54) is 6.26 Å². The lowest BCUT2D eigenvalue weighted by Crippen LogP contribution is -2.36. The number of amides is 1. The highest BCUT2D eigenvalue weighted by Gasteiger charge is 2.28. The normalized spacial score (nSPS) is 13.9. The molecule has 158 valence electrons. The summed E-state index contributed by atoms with van der Waals surface area (Å²) < 4.78 is 11.2. The molecular formula is C23H28N4O3. The molecule has 30 heavy (non-hydrogen) atoms. The average Bonchev–Trinajstić information content (AvgIpc) is 3.52. The minimum atomic E-state index is -0.130. The first-order valence-corrected chi connectivity index (χ1v) is 10.4. The van der Waals surface area contributed by atoms with Crippen LogP contribution in [0.2, 0.25) is 0 Å². The van der Waals surface area contributed by atoms with Gasteiger partial charge in [0, 0.05) is 31.7 Å². The number of hydrogen-bond acceptors (Lipinski definition) is 6. The molecule has 0 spiro atoms. The van der Waals surface area contributed by atoms with Gasteiger partial charge in [0.05, 0.1) is 18.4 Å². The second kappa shape index (κ2) is 9.17. The van der Waals surface area contributed by atoms with Gasteiger partial charge in [0.25, 0.3) is 5.91 Å². The zero-order valence-electron chi connectivity index (χ0n) is 17.6. The van der Waals surface area contributed by atoms with Gasteiger partial charge < -0.3 is 23.6 Å². The van der Waals surface area contributed by atoms with Crippen LogP contribution in [-0.4, -0.2) is 61.1 Å². The summed E-state index contributed by atoms with van der Waals surface area (Å²) in [6, 6.07) is 13.4. The van der Waals surface area contributed by atoms with Gasteiger partial charge in [0.1, 0.15) is 5.69 Å². The van der Waals surface area contributed by atoms with Crippen LogP contribution < -0.4 is 4.90 Å². The summed E-state index contributed by atoms with van der Waals surface area (Å²) >= 11 is 0. The quantitative estimate of drug-likeness (QED) is 0.566. The van der Waals surface area contributed by atoms with Crippen molar-refractivity contribution in [1.29, 1.82) is 0 Å². The summed E-state index contributed by atoms with van der Waals surface area (Å²) in [6.07, 6.45) is 3.80. The SMILES string of the molecule is CN(C)CCN(Cc1c(-c2ccccc2)noc1N1CCCC1)C(=O)c1ccco1. The maximum atomic E-state index is 13.2. The van der Waals surface area contributed by atoms with E-state index in [1.54, 1.807) is 12.1 Å². The molecular weight excluding hydrogens is 380 g/mol. The summed E-state index contributed by atoms with van der Waals surface area (Å²) in [7, 11) is 4.00. The first-order chi connectivity index (χ1) is 14.6. The van der Waals surface area contributed by atoms with E-state index in [-0.39, 0.29) is 5.91 Å². The molecule has 0 unspecified atom stereocenters. The lowest BCUT2D eigenvalue weighted by atomic mass is 10.1. The van der Waals surface area contributed by atoms with Crippen LogP contribution in [0.25, 0.3) is 11.3 Å². The number of benzene rings is 1. The molecule has 0 radical (unpaired) electrons. The van der Waals surface area contributed by atoms with Crippen LogP contribution in [0.1, 0.15) is 29.0 Å². The van der Waals surface area contributed by atoms with Crippen LogP contribution in [-0.2, 0) is 6.54 Å². The number of hydrogen-bond donors (Lipinski definition) is 0. The summed E-state index contributed by atoms with van der Waals surface area (Å²) in [5, 5.41) is 4.41. The van der Waals surface area contributed by atoms with Crippen molar-refractivity contribution in [2.75, 3.05) is 45.2 Å². The van der Waals surface area contributed by atoms with E-state index in [0.717, 1.165) is 55.2 Å². The van der Waals surface area contributed by atoms with Gasteiger partial charge in [-0.25, -0.2) is 0 Å². The molecule has 1 saturated heterocycles. The Kier molecular flexibility index (Phi) is 6.18. The van der Waals surface area contributed by atoms with E-state index in [1.807, 2.05) is 49.3 Å². The van der Waals surface area contributed by atoms with E-state index >= 15 is 0 Å². The summed E-state index contributed by atoms with van der Waals surface area (Å²) in [5.74, 6) is 0.983. The molecule has 3 aromatic rings. The Hall–Kier alpha value is -3.06. The van der Waals surface area contributed by atoms with Gasteiger partial charge in [-0.3, -0.25) is 4.79 Å². The Bertz CT molecular complexity index is 944. The fourth-order valence-electron chi connectivity index (χ4n) is 3.75. The minimum Gasteiger partial charge on any atom is -0.459 e. The second-order valence-electron chi connectivity index (χ2n) is 7.88. The van der Waals surface area contributed by atoms with Crippen LogP contribution in [0.15, 0.2) is 57.7 Å². The Morgan fingerprint density at radius 3 is 2.50 bits per heavy atom. The number of nitrogens with zero attached hydrogens (tertiary/aromatic N) is 4. The third-order valence-corrected chi connectivity index (χ3v) is 5.39. The predicted octanol–water partition coefficient (Wildman–Crippen LogP) is 3.74. The predicted molar refractivity (Wildman–Crippen MR) is 115 cm³/mol. The molecule has 7 heteroatoms. The highest BCUT2D eigenvalue weighted by Crippen LogP contribution is 2.34. The maximum absolute atomic E-state index is 13.2. The minimum absolute atomic E-state index is 0.130. The van der Waals surface area contributed by atoms with Crippen LogP contribution in [0, 0.1) is 0 Å². The molecule has 3 heterocycles. The number of carbonyl (C=O) groups is 1. The molecule has 0 N–H and O–H groups in total. The molecule has 4 rings (SSSR count). The van der Waals surface area contributed by atoms with E-state index < -0.39 is 0 Å². The average molecular weight is 409 g/mol. The maximum Gasteiger partial charge on any atom is 0.289 e. The fourth-order valence-corrected chi connectivity index (χ4v) is 3.75. The Labute approximate surface area is 176 Å². The van der Waals surface area contributed by atoms with Crippen molar-refractivity contribution in [3.8, 4) is 11.3 Å². The van der Waals surface area contributed by atoms with Gasteiger partial charge in [-0.2, -0.15) is 0 Å². The lowest BCUT2D eigenvalue weighted by Gasteiger charge is -2.25. The van der Waals surface area contributed by atoms with Crippen molar-refractivity contribution in [2.45, 2.75) is 19.4 Å². The highest BCUT2D eigenvalue weighted by molar-refractivity contribution is 5.91. The third-order valence-electron chi connectivity index (χ3n) is 5.39. The number of furan rings is 1. The standard InChI is InChI=1S/C23H28N4O3/c1-25(2)14-15-27(22(28)20-11-8-16-29-20)17-19-21(18-9-4-3-5-10-18)24-30-23(19)26-12-6-7-13-26/h3-5,8-11,16H,6-7,12-15,17H2,1-2H3. The van der Waals surface area contributed by atoms with Gasteiger partial charge >= 0.3 is 0 Å². The number of carbonyl (C=O) groups excluding carboxylic acids is 1. The topological polar surface area (TPSA) is 66.0 Å². The number of aromatic nitrogens is 1. The first kappa shape index (κ1) is 20.2. The zero-order chi connectivity index (χ0) is 20.9. The largest absolute Gasteiger partial charge is 0.459 e. The van der Waals surface area contributed by atoms with Gasteiger partial charge in [-0.1, -0.05) is 35.5 Å². The molecule has 0 aliphatic carbocycles. The molecule has 1 amide bonds. The van der Waals surface area contributed by atoms with Gasteiger partial charge in [-0.15, -0.1) is 0 Å². The molecule has 7 nitrogen and oxygen atoms in total. The van der Waals surface area contributed by atoms with E-state index in [4.69, 9.17) is 8.94 Å². The van der Waals surface area contributed by atoms with Crippen LogP contribution in [0.4, 0.5) is 5.88 Å². The van der Waals surface area contributed by atoms with E-state index in [9.17, 15) is 4.79 Å². The molecule has 0 saturated carbocycles. The van der Waals surface area contributed by atoms with Gasteiger partial charge in [-0.05, 0) is 39.1 Å². The number of rotatable bonds is 8. The molecule has 1 aromatic carbocycles. The third kappa shape index (κ3) is 4.41. The molecule has 1 aliphatic heterocycles. The van der Waals surface area contributed by atoms with Crippen molar-refractivity contribution in [3.05, 3.63) is 60.1 Å². The lowest BCUT2D eigenvalue weighted by molar-refractivity contribution is 0.0700. The molecule has 1 aliphatic rings. The molecule has 0 bridgehead atoms. The summed E-state index contributed by atoms with van der Waals surface area (Å²) in [6.45, 7) is 3.62. The monoisotopic (exact) mass is 408 g/mol. The number of anilines is 1.